The van der Waals surface area contributed by atoms with Crippen LogP contribution in [0.25, 0.3) is 0 Å². The van der Waals surface area contributed by atoms with E-state index in [4.69, 9.17) is 11.0 Å². The van der Waals surface area contributed by atoms with Gasteiger partial charge in [0.1, 0.15) is 5.69 Å². The summed E-state index contributed by atoms with van der Waals surface area (Å²) in [6, 6.07) is 6.03. The third-order valence-corrected chi connectivity index (χ3v) is 3.27. The van der Waals surface area contributed by atoms with Gasteiger partial charge in [0, 0.05) is 31.0 Å². The molecular formula is C13H17N5O. The van der Waals surface area contributed by atoms with Crippen LogP contribution in [0.15, 0.2) is 18.3 Å². The maximum Gasteiger partial charge on any atom is 0.267 e. The number of likely N-dealkylation sites (tertiary alicyclic amines) is 1. The lowest BCUT2D eigenvalue weighted by molar-refractivity contribution is 0.0995. The Kier molecular flexibility index (Phi) is 4.31. The maximum absolute atomic E-state index is 11.1. The van der Waals surface area contributed by atoms with Crippen LogP contribution in [0.2, 0.25) is 0 Å². The highest BCUT2D eigenvalue weighted by atomic mass is 16.1. The van der Waals surface area contributed by atoms with Crippen LogP contribution >= 0.6 is 0 Å². The minimum atomic E-state index is -0.521. The Balaban J connectivity index is 1.90. The molecule has 1 amide bonds. The highest BCUT2D eigenvalue weighted by molar-refractivity contribution is 5.91. The second-order valence-electron chi connectivity index (χ2n) is 4.65. The normalized spacial score (nSPS) is 16.8. The zero-order valence-corrected chi connectivity index (χ0v) is 10.7. The summed E-state index contributed by atoms with van der Waals surface area (Å²) in [6.07, 6.45) is 3.54. The van der Waals surface area contributed by atoms with E-state index >= 15 is 0 Å². The predicted molar refractivity (Wildman–Crippen MR) is 71.5 cm³/mol. The Morgan fingerprint density at radius 2 is 2.32 bits per heavy atom. The van der Waals surface area contributed by atoms with E-state index in [2.05, 4.69) is 21.3 Å². The number of nitrogens with one attached hydrogen (secondary N) is 1. The molecule has 100 valence electrons. The molecule has 0 spiro atoms. The van der Waals surface area contributed by atoms with Crippen LogP contribution in [0.3, 0.4) is 0 Å². The van der Waals surface area contributed by atoms with Gasteiger partial charge < -0.3 is 11.1 Å². The molecule has 0 bridgehead atoms. The van der Waals surface area contributed by atoms with Gasteiger partial charge in [-0.15, -0.1) is 0 Å². The SMILES string of the molecule is N#CCN1CCC(Nc2ccnc(C(N)=O)c2)CC1. The van der Waals surface area contributed by atoms with Crippen LogP contribution in [0, 0.1) is 11.3 Å². The number of aromatic nitrogens is 1. The van der Waals surface area contributed by atoms with Crippen LogP contribution < -0.4 is 11.1 Å². The van der Waals surface area contributed by atoms with E-state index in [-0.39, 0.29) is 5.69 Å². The summed E-state index contributed by atoms with van der Waals surface area (Å²) >= 11 is 0. The average molecular weight is 259 g/mol. The Morgan fingerprint density at radius 3 is 2.95 bits per heavy atom. The zero-order valence-electron chi connectivity index (χ0n) is 10.7. The van der Waals surface area contributed by atoms with Crippen molar-refractivity contribution in [3.63, 3.8) is 0 Å². The Morgan fingerprint density at radius 1 is 1.58 bits per heavy atom. The molecule has 0 saturated carbocycles. The van der Waals surface area contributed by atoms with Crippen molar-refractivity contribution in [1.29, 1.82) is 5.26 Å². The molecular weight excluding hydrogens is 242 g/mol. The highest BCUT2D eigenvalue weighted by Crippen LogP contribution is 2.16. The molecule has 2 rings (SSSR count). The largest absolute Gasteiger partial charge is 0.382 e. The van der Waals surface area contributed by atoms with Crippen LogP contribution in [0.4, 0.5) is 5.69 Å². The number of carbonyl (C=O) groups is 1. The number of nitriles is 1. The number of piperidine rings is 1. The molecule has 1 aromatic heterocycles. The highest BCUT2D eigenvalue weighted by Gasteiger charge is 2.18. The van der Waals surface area contributed by atoms with Gasteiger partial charge in [0.2, 0.25) is 0 Å². The van der Waals surface area contributed by atoms with E-state index < -0.39 is 5.91 Å². The van der Waals surface area contributed by atoms with Crippen molar-refractivity contribution < 1.29 is 4.79 Å². The number of carbonyl (C=O) groups excluding carboxylic acids is 1. The second-order valence-corrected chi connectivity index (χ2v) is 4.65. The van der Waals surface area contributed by atoms with Gasteiger partial charge in [0.25, 0.3) is 5.91 Å². The average Bonchev–Trinajstić information content (AvgIpc) is 2.42. The molecule has 0 atom stereocenters. The van der Waals surface area contributed by atoms with E-state index in [9.17, 15) is 4.79 Å². The van der Waals surface area contributed by atoms with Crippen molar-refractivity contribution in [1.82, 2.24) is 9.88 Å². The molecule has 0 unspecified atom stereocenters. The summed E-state index contributed by atoms with van der Waals surface area (Å²) in [5.74, 6) is -0.521. The number of anilines is 1. The van der Waals surface area contributed by atoms with Crippen molar-refractivity contribution in [2.45, 2.75) is 18.9 Å². The number of rotatable bonds is 4. The first-order valence-electron chi connectivity index (χ1n) is 6.30. The van der Waals surface area contributed by atoms with Crippen molar-refractivity contribution in [3.05, 3.63) is 24.0 Å². The van der Waals surface area contributed by atoms with Crippen LogP contribution in [0.1, 0.15) is 23.3 Å². The third kappa shape index (κ3) is 3.66. The van der Waals surface area contributed by atoms with E-state index in [1.807, 2.05) is 6.07 Å². The number of pyridine rings is 1. The summed E-state index contributed by atoms with van der Waals surface area (Å²) < 4.78 is 0. The fourth-order valence-corrected chi connectivity index (χ4v) is 2.23. The van der Waals surface area contributed by atoms with E-state index in [0.717, 1.165) is 31.6 Å². The van der Waals surface area contributed by atoms with Crippen molar-refractivity contribution >= 4 is 11.6 Å². The van der Waals surface area contributed by atoms with Gasteiger partial charge in [0.05, 0.1) is 12.6 Å². The smallest absolute Gasteiger partial charge is 0.267 e. The van der Waals surface area contributed by atoms with E-state index in [1.165, 1.54) is 0 Å². The monoisotopic (exact) mass is 259 g/mol. The van der Waals surface area contributed by atoms with Crippen LogP contribution in [-0.2, 0) is 0 Å². The fraction of sp³-hybridized carbons (Fsp3) is 0.462. The minimum Gasteiger partial charge on any atom is -0.382 e. The Hall–Kier alpha value is -2.13. The zero-order chi connectivity index (χ0) is 13.7. The van der Waals surface area contributed by atoms with Crippen molar-refractivity contribution in [2.75, 3.05) is 25.0 Å². The predicted octanol–water partition coefficient (Wildman–Crippen LogP) is 0.580. The molecule has 1 aromatic rings. The van der Waals surface area contributed by atoms with Crippen molar-refractivity contribution in [3.8, 4) is 6.07 Å². The van der Waals surface area contributed by atoms with E-state index in [1.54, 1.807) is 12.3 Å². The fourth-order valence-electron chi connectivity index (χ4n) is 2.23. The quantitative estimate of drug-likeness (QED) is 0.771. The molecule has 3 N–H and O–H groups in total. The molecule has 1 aliphatic rings. The summed E-state index contributed by atoms with van der Waals surface area (Å²) in [4.78, 5) is 17.1. The Labute approximate surface area is 112 Å². The van der Waals surface area contributed by atoms with Gasteiger partial charge in [-0.25, -0.2) is 0 Å². The minimum absolute atomic E-state index is 0.270. The summed E-state index contributed by atoms with van der Waals surface area (Å²) in [5, 5.41) is 12.0. The molecule has 0 radical (unpaired) electrons. The molecule has 2 heterocycles. The van der Waals surface area contributed by atoms with Gasteiger partial charge in [-0.2, -0.15) is 5.26 Å². The summed E-state index contributed by atoms with van der Waals surface area (Å²) in [5.41, 5.74) is 6.33. The molecule has 0 aromatic carbocycles. The van der Waals surface area contributed by atoms with Gasteiger partial charge in [-0.3, -0.25) is 14.7 Å². The standard InChI is InChI=1S/C13H17N5O/c14-4-8-18-6-2-10(3-7-18)17-11-1-5-16-12(9-11)13(15)19/h1,5,9-10H,2-3,6-8H2,(H2,15,19)(H,16,17). The molecule has 6 nitrogen and oxygen atoms in total. The lowest BCUT2D eigenvalue weighted by atomic mass is 10.0. The van der Waals surface area contributed by atoms with Gasteiger partial charge in [-0.1, -0.05) is 0 Å². The Bertz CT molecular complexity index is 488. The van der Waals surface area contributed by atoms with Gasteiger partial charge in [0.15, 0.2) is 0 Å². The van der Waals surface area contributed by atoms with Gasteiger partial charge >= 0.3 is 0 Å². The lowest BCUT2D eigenvalue weighted by Gasteiger charge is -2.31. The number of primary amides is 1. The number of hydrogen-bond donors (Lipinski definition) is 2. The topological polar surface area (TPSA) is 95.0 Å². The molecule has 1 fully saturated rings. The van der Waals surface area contributed by atoms with Crippen LogP contribution in [-0.4, -0.2) is 41.5 Å². The molecule has 19 heavy (non-hydrogen) atoms. The number of nitrogens with zero attached hydrogens (tertiary/aromatic N) is 3. The number of nitrogens with two attached hydrogens (primary N) is 1. The maximum atomic E-state index is 11.1. The number of amides is 1. The summed E-state index contributed by atoms with van der Waals surface area (Å²) in [7, 11) is 0. The van der Waals surface area contributed by atoms with Crippen LogP contribution in [0.5, 0.6) is 0 Å². The number of hydrogen-bond acceptors (Lipinski definition) is 5. The van der Waals surface area contributed by atoms with Crippen molar-refractivity contribution in [2.24, 2.45) is 5.73 Å². The first kappa shape index (κ1) is 13.3. The van der Waals surface area contributed by atoms with E-state index in [0.29, 0.717) is 12.6 Å². The molecule has 1 saturated heterocycles. The first-order chi connectivity index (χ1) is 9.19. The molecule has 0 aliphatic carbocycles. The van der Waals surface area contributed by atoms with Gasteiger partial charge in [-0.05, 0) is 25.0 Å². The molecule has 1 aliphatic heterocycles. The molecule has 6 heteroatoms. The lowest BCUT2D eigenvalue weighted by Crippen LogP contribution is -2.39. The second kappa shape index (κ2) is 6.16. The third-order valence-electron chi connectivity index (χ3n) is 3.27. The first-order valence-corrected chi connectivity index (χ1v) is 6.30. The summed E-state index contributed by atoms with van der Waals surface area (Å²) in [6.45, 7) is 2.33.